The highest BCUT2D eigenvalue weighted by atomic mass is 32.2. The molecule has 0 heterocycles. The quantitative estimate of drug-likeness (QED) is 0.674. The Balaban J connectivity index is 4.93. The van der Waals surface area contributed by atoms with E-state index in [1.54, 1.807) is 0 Å². The lowest BCUT2D eigenvalue weighted by Crippen LogP contribution is -2.51. The Labute approximate surface area is 103 Å². The van der Waals surface area contributed by atoms with Crippen LogP contribution in [0.25, 0.3) is 0 Å². The van der Waals surface area contributed by atoms with Crippen LogP contribution >= 0.6 is 0 Å². The molecule has 0 aliphatic rings. The molecule has 102 valence electrons. The van der Waals surface area contributed by atoms with Crippen molar-refractivity contribution >= 4 is 16.0 Å². The summed E-state index contributed by atoms with van der Waals surface area (Å²) in [5.74, 6) is -0.790. The summed E-state index contributed by atoms with van der Waals surface area (Å²) in [7, 11) is -2.62. The minimum absolute atomic E-state index is 0.163. The molecule has 0 fully saturated rings. The van der Waals surface area contributed by atoms with Gasteiger partial charge in [0, 0.05) is 12.6 Å². The number of hydrogen-bond acceptors (Lipinski definition) is 5. The maximum Gasteiger partial charge on any atom is 0.325 e. The Morgan fingerprint density at radius 2 is 1.88 bits per heavy atom. The van der Waals surface area contributed by atoms with E-state index < -0.39 is 27.3 Å². The molecular formula is C10H22N2O4S. The molecule has 2 unspecified atom stereocenters. The summed E-state index contributed by atoms with van der Waals surface area (Å²) in [5, 5.41) is -1.25. The normalized spacial score (nSPS) is 16.4. The van der Waals surface area contributed by atoms with Crippen molar-refractivity contribution in [2.75, 3.05) is 13.7 Å². The zero-order chi connectivity index (χ0) is 13.9. The van der Waals surface area contributed by atoms with Gasteiger partial charge in [0.1, 0.15) is 0 Å². The highest BCUT2D eigenvalue weighted by Gasteiger charge is 2.34. The average molecular weight is 266 g/mol. The number of carbonyl (C=O) groups is 1. The number of methoxy groups -OCH3 is 1. The van der Waals surface area contributed by atoms with Gasteiger partial charge >= 0.3 is 5.97 Å². The predicted octanol–water partition coefficient (Wildman–Crippen LogP) is -0.159. The van der Waals surface area contributed by atoms with Crippen LogP contribution in [0.2, 0.25) is 0 Å². The van der Waals surface area contributed by atoms with E-state index in [1.807, 2.05) is 20.8 Å². The van der Waals surface area contributed by atoms with Gasteiger partial charge in [0.15, 0.2) is 5.25 Å². The summed E-state index contributed by atoms with van der Waals surface area (Å²) in [4.78, 5) is 11.2. The molecule has 6 nitrogen and oxygen atoms in total. The molecule has 0 radical (unpaired) electrons. The van der Waals surface area contributed by atoms with Gasteiger partial charge in [0.25, 0.3) is 0 Å². The monoisotopic (exact) mass is 266 g/mol. The number of carbonyl (C=O) groups excluding carboxylic acids is 1. The van der Waals surface area contributed by atoms with Crippen LogP contribution in [-0.4, -0.2) is 39.3 Å². The number of nitrogens with two attached hydrogens (primary N) is 1. The predicted molar refractivity (Wildman–Crippen MR) is 65.8 cm³/mol. The molecule has 0 aromatic carbocycles. The molecule has 0 aliphatic heterocycles. The third-order valence-corrected chi connectivity index (χ3v) is 4.32. The largest absolute Gasteiger partial charge is 0.468 e. The lowest BCUT2D eigenvalue weighted by molar-refractivity contribution is -0.139. The lowest BCUT2D eigenvalue weighted by atomic mass is 9.88. The minimum Gasteiger partial charge on any atom is -0.468 e. The van der Waals surface area contributed by atoms with Crippen LogP contribution in [0, 0.1) is 5.41 Å². The van der Waals surface area contributed by atoms with Crippen LogP contribution in [0.1, 0.15) is 27.7 Å². The van der Waals surface area contributed by atoms with Crippen molar-refractivity contribution in [1.82, 2.24) is 4.72 Å². The Bertz CT molecular complexity index is 359. The number of ether oxygens (including phenoxy) is 1. The van der Waals surface area contributed by atoms with Crippen molar-refractivity contribution < 1.29 is 17.9 Å². The third-order valence-electron chi connectivity index (χ3n) is 2.59. The van der Waals surface area contributed by atoms with Gasteiger partial charge in [0.2, 0.25) is 10.0 Å². The number of hydrogen-bond donors (Lipinski definition) is 2. The summed E-state index contributed by atoms with van der Waals surface area (Å²) >= 11 is 0. The molecule has 0 saturated heterocycles. The first kappa shape index (κ1) is 16.3. The molecule has 2 atom stereocenters. The second-order valence-corrected chi connectivity index (χ2v) is 7.02. The zero-order valence-electron chi connectivity index (χ0n) is 11.0. The summed E-state index contributed by atoms with van der Waals surface area (Å²) in [6.45, 7) is 7.06. The smallest absolute Gasteiger partial charge is 0.325 e. The summed E-state index contributed by atoms with van der Waals surface area (Å²) < 4.78 is 30.6. The number of sulfonamides is 1. The van der Waals surface area contributed by atoms with Gasteiger partial charge in [-0.15, -0.1) is 0 Å². The van der Waals surface area contributed by atoms with Gasteiger partial charge < -0.3 is 10.5 Å². The van der Waals surface area contributed by atoms with Crippen LogP contribution in [0.15, 0.2) is 0 Å². The van der Waals surface area contributed by atoms with Gasteiger partial charge in [-0.1, -0.05) is 20.8 Å². The maximum absolute atomic E-state index is 11.9. The van der Waals surface area contributed by atoms with Gasteiger partial charge in [0.05, 0.1) is 7.11 Å². The van der Waals surface area contributed by atoms with Crippen LogP contribution in [0.3, 0.4) is 0 Å². The van der Waals surface area contributed by atoms with E-state index in [0.717, 1.165) is 7.11 Å². The standard InChI is InChI=1S/C10H22N2O4S/c1-7(9(13)16-5)17(14,15)12-8(6-11)10(2,3)4/h7-8,12H,6,11H2,1-5H3. The Morgan fingerprint density at radius 3 is 2.18 bits per heavy atom. The van der Waals surface area contributed by atoms with Gasteiger partial charge in [-0.2, -0.15) is 0 Å². The van der Waals surface area contributed by atoms with E-state index in [9.17, 15) is 13.2 Å². The molecule has 7 heteroatoms. The van der Waals surface area contributed by atoms with E-state index in [-0.39, 0.29) is 12.0 Å². The molecular weight excluding hydrogens is 244 g/mol. The first-order valence-electron chi connectivity index (χ1n) is 5.35. The van der Waals surface area contributed by atoms with Crippen molar-refractivity contribution in [3.63, 3.8) is 0 Å². The van der Waals surface area contributed by atoms with Crippen LogP contribution in [0.5, 0.6) is 0 Å². The molecule has 17 heavy (non-hydrogen) atoms. The SMILES string of the molecule is COC(=O)C(C)S(=O)(=O)NC(CN)C(C)(C)C. The minimum atomic E-state index is -3.77. The van der Waals surface area contributed by atoms with Crippen LogP contribution in [-0.2, 0) is 19.6 Å². The summed E-state index contributed by atoms with van der Waals surface area (Å²) in [6.07, 6.45) is 0. The summed E-state index contributed by atoms with van der Waals surface area (Å²) in [6, 6.07) is -0.431. The number of nitrogens with one attached hydrogen (secondary N) is 1. The van der Waals surface area contributed by atoms with Gasteiger partial charge in [-0.05, 0) is 12.3 Å². The molecule has 0 spiro atoms. The highest BCUT2D eigenvalue weighted by molar-refractivity contribution is 7.90. The Morgan fingerprint density at radius 1 is 1.41 bits per heavy atom. The van der Waals surface area contributed by atoms with Crippen LogP contribution < -0.4 is 10.5 Å². The van der Waals surface area contributed by atoms with Gasteiger partial charge in [-0.25, -0.2) is 13.1 Å². The van der Waals surface area contributed by atoms with Crippen molar-refractivity contribution in [2.45, 2.75) is 39.0 Å². The fraction of sp³-hybridized carbons (Fsp3) is 0.900. The first-order valence-corrected chi connectivity index (χ1v) is 6.90. The summed E-state index contributed by atoms with van der Waals surface area (Å²) in [5.41, 5.74) is 5.21. The third kappa shape index (κ3) is 4.61. The van der Waals surface area contributed by atoms with Gasteiger partial charge in [-0.3, -0.25) is 4.79 Å². The molecule has 3 N–H and O–H groups in total. The van der Waals surface area contributed by atoms with Crippen LogP contribution in [0.4, 0.5) is 0 Å². The Hall–Kier alpha value is -0.660. The fourth-order valence-corrected chi connectivity index (χ4v) is 2.57. The molecule has 0 aromatic heterocycles. The number of rotatable bonds is 5. The molecule has 0 aromatic rings. The molecule has 0 bridgehead atoms. The molecule has 0 amide bonds. The second kappa shape index (κ2) is 5.79. The second-order valence-electron chi connectivity index (χ2n) is 4.98. The van der Waals surface area contributed by atoms with Crippen molar-refractivity contribution in [3.8, 4) is 0 Å². The highest BCUT2D eigenvalue weighted by Crippen LogP contribution is 2.19. The van der Waals surface area contributed by atoms with Crippen molar-refractivity contribution in [2.24, 2.45) is 11.1 Å². The molecule has 0 saturated carbocycles. The van der Waals surface area contributed by atoms with Crippen molar-refractivity contribution in [3.05, 3.63) is 0 Å². The maximum atomic E-state index is 11.9. The van der Waals surface area contributed by atoms with Crippen molar-refractivity contribution in [1.29, 1.82) is 0 Å². The van der Waals surface area contributed by atoms with E-state index in [4.69, 9.17) is 5.73 Å². The zero-order valence-corrected chi connectivity index (χ0v) is 11.8. The van der Waals surface area contributed by atoms with E-state index >= 15 is 0 Å². The fourth-order valence-electron chi connectivity index (χ4n) is 1.17. The Kier molecular flexibility index (Phi) is 5.57. The lowest BCUT2D eigenvalue weighted by Gasteiger charge is -2.30. The topological polar surface area (TPSA) is 98.5 Å². The molecule has 0 aliphatic carbocycles. The van der Waals surface area contributed by atoms with E-state index in [2.05, 4.69) is 9.46 Å². The first-order chi connectivity index (χ1) is 7.56. The number of esters is 1. The van der Waals surface area contributed by atoms with E-state index in [1.165, 1.54) is 6.92 Å². The average Bonchev–Trinajstić information content (AvgIpc) is 2.22. The molecule has 0 rings (SSSR count). The van der Waals surface area contributed by atoms with E-state index in [0.29, 0.717) is 0 Å².